The summed E-state index contributed by atoms with van der Waals surface area (Å²) in [6.07, 6.45) is 0. The molecule has 1 aromatic heterocycles. The first-order valence-corrected chi connectivity index (χ1v) is 20.7. The van der Waals surface area contributed by atoms with Crippen LogP contribution in [0.3, 0.4) is 0 Å². The molecule has 0 amide bonds. The standard InChI is InChI=1S/C50H45Cl4N3/c1-30-28-43(47(35-12-20-39(51)21-13-35)36-14-22-40(52)23-15-36)50(44(29-30)48(37-16-24-41(53)25-17-37)38-18-26-42(54)27-19-38)56-34(5)46-11-7-10-45(57-46)33(4)55-49-31(2)8-6-9-32(49)3/h6-29,33-34,47-48,55-56H,1-5H3. The van der Waals surface area contributed by atoms with E-state index in [1.54, 1.807) is 0 Å². The lowest BCUT2D eigenvalue weighted by Crippen LogP contribution is -2.18. The van der Waals surface area contributed by atoms with Gasteiger partial charge in [-0.05, 0) is 140 Å². The van der Waals surface area contributed by atoms with Gasteiger partial charge in [-0.15, -0.1) is 0 Å². The average molecular weight is 830 g/mol. The Morgan fingerprint density at radius 1 is 0.421 bits per heavy atom. The molecule has 2 unspecified atom stereocenters. The SMILES string of the molecule is Cc1cc(C(c2ccc(Cl)cc2)c2ccc(Cl)cc2)c(NC(C)c2cccc(C(C)Nc3c(C)cccc3C)n2)c(C(c2ccc(Cl)cc2)c2ccc(Cl)cc2)c1. The second-order valence-corrected chi connectivity index (χ2v) is 16.6. The van der Waals surface area contributed by atoms with Gasteiger partial charge in [0.2, 0.25) is 0 Å². The van der Waals surface area contributed by atoms with E-state index in [1.807, 2.05) is 48.5 Å². The van der Waals surface area contributed by atoms with Crippen molar-refractivity contribution in [3.05, 3.63) is 227 Å². The number of hydrogen-bond acceptors (Lipinski definition) is 3. The molecule has 6 aromatic carbocycles. The summed E-state index contributed by atoms with van der Waals surface area (Å²) in [6, 6.07) is 49.6. The van der Waals surface area contributed by atoms with Crippen LogP contribution in [-0.4, -0.2) is 4.98 Å². The Balaban J connectivity index is 1.41. The molecule has 0 aliphatic rings. The highest BCUT2D eigenvalue weighted by Crippen LogP contribution is 2.46. The van der Waals surface area contributed by atoms with E-state index >= 15 is 0 Å². The molecule has 7 heteroatoms. The molecule has 0 saturated carbocycles. The summed E-state index contributed by atoms with van der Waals surface area (Å²) < 4.78 is 0. The fourth-order valence-electron chi connectivity index (χ4n) is 7.76. The molecule has 0 aliphatic carbocycles. The van der Waals surface area contributed by atoms with Crippen molar-refractivity contribution in [3.63, 3.8) is 0 Å². The zero-order valence-electron chi connectivity index (χ0n) is 32.6. The number of nitrogens with zero attached hydrogens (tertiary/aromatic N) is 1. The molecule has 0 bridgehead atoms. The molecule has 0 spiro atoms. The maximum atomic E-state index is 6.48. The molecular formula is C50H45Cl4N3. The lowest BCUT2D eigenvalue weighted by molar-refractivity contribution is 0.775. The van der Waals surface area contributed by atoms with Gasteiger partial charge in [0.25, 0.3) is 0 Å². The van der Waals surface area contributed by atoms with Crippen molar-refractivity contribution in [3.8, 4) is 0 Å². The van der Waals surface area contributed by atoms with Gasteiger partial charge in [0.1, 0.15) is 0 Å². The van der Waals surface area contributed by atoms with Crippen LogP contribution in [0, 0.1) is 20.8 Å². The number of pyridine rings is 1. The van der Waals surface area contributed by atoms with Crippen molar-refractivity contribution in [2.75, 3.05) is 10.6 Å². The van der Waals surface area contributed by atoms with Gasteiger partial charge in [0.15, 0.2) is 0 Å². The van der Waals surface area contributed by atoms with Crippen LogP contribution < -0.4 is 10.6 Å². The number of para-hydroxylation sites is 1. The highest BCUT2D eigenvalue weighted by Gasteiger charge is 2.29. The zero-order chi connectivity index (χ0) is 40.2. The van der Waals surface area contributed by atoms with Crippen LogP contribution in [0.5, 0.6) is 0 Å². The first kappa shape index (κ1) is 40.4. The third-order valence-electron chi connectivity index (χ3n) is 10.7. The van der Waals surface area contributed by atoms with Crippen molar-refractivity contribution in [1.29, 1.82) is 0 Å². The van der Waals surface area contributed by atoms with Crippen molar-refractivity contribution in [2.45, 2.75) is 58.5 Å². The largest absolute Gasteiger partial charge is 0.377 e. The molecule has 288 valence electrons. The van der Waals surface area contributed by atoms with Crippen LogP contribution in [0.1, 0.15) is 99.2 Å². The Hall–Kier alpha value is -4.77. The quantitative estimate of drug-likeness (QED) is 0.120. The maximum Gasteiger partial charge on any atom is 0.0657 e. The maximum absolute atomic E-state index is 6.48. The number of nitrogens with one attached hydrogen (secondary N) is 2. The van der Waals surface area contributed by atoms with Crippen LogP contribution in [0.25, 0.3) is 0 Å². The molecule has 7 rings (SSSR count). The highest BCUT2D eigenvalue weighted by atomic mass is 35.5. The van der Waals surface area contributed by atoms with E-state index in [-0.39, 0.29) is 23.9 Å². The fraction of sp³-hybridized carbons (Fsp3) is 0.180. The minimum Gasteiger partial charge on any atom is -0.377 e. The van der Waals surface area contributed by atoms with Crippen LogP contribution in [0.4, 0.5) is 11.4 Å². The molecule has 2 N–H and O–H groups in total. The molecule has 0 fully saturated rings. The summed E-state index contributed by atoms with van der Waals surface area (Å²) in [7, 11) is 0. The molecule has 0 saturated heterocycles. The first-order chi connectivity index (χ1) is 27.4. The topological polar surface area (TPSA) is 37.0 Å². The number of rotatable bonds is 12. The zero-order valence-corrected chi connectivity index (χ0v) is 35.6. The third kappa shape index (κ3) is 9.35. The number of anilines is 2. The fourth-order valence-corrected chi connectivity index (χ4v) is 8.27. The Bertz CT molecular complexity index is 2240. The highest BCUT2D eigenvalue weighted by molar-refractivity contribution is 6.31. The Labute approximate surface area is 357 Å². The van der Waals surface area contributed by atoms with E-state index in [0.29, 0.717) is 20.1 Å². The second-order valence-electron chi connectivity index (χ2n) is 14.9. The minimum absolute atomic E-state index is 0.0131. The molecule has 7 aromatic rings. The van der Waals surface area contributed by atoms with Crippen molar-refractivity contribution in [2.24, 2.45) is 0 Å². The van der Waals surface area contributed by atoms with Crippen molar-refractivity contribution in [1.82, 2.24) is 4.98 Å². The first-order valence-electron chi connectivity index (χ1n) is 19.2. The van der Waals surface area contributed by atoms with E-state index in [4.69, 9.17) is 51.4 Å². The Morgan fingerprint density at radius 2 is 0.737 bits per heavy atom. The number of halogens is 4. The Morgan fingerprint density at radius 3 is 1.09 bits per heavy atom. The second kappa shape index (κ2) is 17.8. The summed E-state index contributed by atoms with van der Waals surface area (Å²) in [5.41, 5.74) is 14.3. The summed E-state index contributed by atoms with van der Waals surface area (Å²) in [5, 5.41) is 10.5. The van der Waals surface area contributed by atoms with E-state index < -0.39 is 0 Å². The summed E-state index contributed by atoms with van der Waals surface area (Å²) in [5.74, 6) is -0.324. The Kier molecular flexibility index (Phi) is 12.6. The molecular weight excluding hydrogens is 784 g/mol. The van der Waals surface area contributed by atoms with Gasteiger partial charge in [-0.1, -0.05) is 137 Å². The van der Waals surface area contributed by atoms with E-state index in [2.05, 4.69) is 142 Å². The summed E-state index contributed by atoms with van der Waals surface area (Å²) >= 11 is 25.9. The van der Waals surface area contributed by atoms with Crippen LogP contribution in [0.2, 0.25) is 20.1 Å². The van der Waals surface area contributed by atoms with Gasteiger partial charge in [0.05, 0.1) is 23.5 Å². The third-order valence-corrected chi connectivity index (χ3v) is 11.7. The van der Waals surface area contributed by atoms with Gasteiger partial charge in [0, 0.05) is 43.3 Å². The summed E-state index contributed by atoms with van der Waals surface area (Å²) in [4.78, 5) is 5.28. The van der Waals surface area contributed by atoms with Crippen LogP contribution >= 0.6 is 46.4 Å². The van der Waals surface area contributed by atoms with Gasteiger partial charge >= 0.3 is 0 Å². The van der Waals surface area contributed by atoms with Gasteiger partial charge in [-0.2, -0.15) is 0 Å². The molecule has 2 atom stereocenters. The minimum atomic E-state index is -0.176. The smallest absolute Gasteiger partial charge is 0.0657 e. The monoisotopic (exact) mass is 827 g/mol. The number of aryl methyl sites for hydroxylation is 3. The molecule has 3 nitrogen and oxygen atoms in total. The molecule has 0 radical (unpaired) electrons. The van der Waals surface area contributed by atoms with Gasteiger partial charge < -0.3 is 10.6 Å². The molecule has 1 heterocycles. The van der Waals surface area contributed by atoms with Gasteiger partial charge in [-0.3, -0.25) is 4.98 Å². The number of benzene rings is 6. The average Bonchev–Trinajstić information content (AvgIpc) is 3.20. The lowest BCUT2D eigenvalue weighted by Gasteiger charge is -2.31. The lowest BCUT2D eigenvalue weighted by atomic mass is 9.78. The van der Waals surface area contributed by atoms with Crippen LogP contribution in [-0.2, 0) is 0 Å². The number of hydrogen-bond donors (Lipinski definition) is 2. The van der Waals surface area contributed by atoms with Crippen molar-refractivity contribution < 1.29 is 0 Å². The summed E-state index contributed by atoms with van der Waals surface area (Å²) in [6.45, 7) is 10.8. The predicted molar refractivity (Wildman–Crippen MR) is 243 cm³/mol. The van der Waals surface area contributed by atoms with Crippen molar-refractivity contribution >= 4 is 57.8 Å². The molecule has 0 aliphatic heterocycles. The molecule has 57 heavy (non-hydrogen) atoms. The van der Waals surface area contributed by atoms with Crippen LogP contribution in [0.15, 0.2) is 146 Å². The number of aromatic nitrogens is 1. The van der Waals surface area contributed by atoms with E-state index in [9.17, 15) is 0 Å². The van der Waals surface area contributed by atoms with E-state index in [1.165, 1.54) is 11.1 Å². The predicted octanol–water partition coefficient (Wildman–Crippen LogP) is 15.3. The van der Waals surface area contributed by atoms with Gasteiger partial charge in [-0.25, -0.2) is 0 Å². The normalized spacial score (nSPS) is 12.5. The van der Waals surface area contributed by atoms with E-state index in [0.717, 1.165) is 61.7 Å².